The molecule has 9 aromatic rings. The number of rotatable bonds is 5. The molecular formula is C45H30N4. The van der Waals surface area contributed by atoms with Crippen molar-refractivity contribution in [3.8, 4) is 56.4 Å². The molecule has 0 spiro atoms. The molecular weight excluding hydrogens is 597 g/mol. The zero-order valence-electron chi connectivity index (χ0n) is 26.9. The van der Waals surface area contributed by atoms with E-state index in [1.165, 1.54) is 32.3 Å². The van der Waals surface area contributed by atoms with Crippen LogP contribution < -0.4 is 0 Å². The van der Waals surface area contributed by atoms with Crippen molar-refractivity contribution < 1.29 is 0 Å². The number of hydrogen-bond donors (Lipinski definition) is 0. The summed E-state index contributed by atoms with van der Waals surface area (Å²) in [6.07, 6.45) is 1.84. The van der Waals surface area contributed by atoms with E-state index in [0.717, 1.165) is 44.6 Å². The van der Waals surface area contributed by atoms with Crippen LogP contribution in [-0.2, 0) is 0 Å². The van der Waals surface area contributed by atoms with Gasteiger partial charge in [-0.15, -0.1) is 0 Å². The first kappa shape index (κ1) is 28.7. The van der Waals surface area contributed by atoms with Gasteiger partial charge in [-0.3, -0.25) is 4.98 Å². The number of aromatic nitrogens is 4. The maximum absolute atomic E-state index is 5.08. The highest BCUT2D eigenvalue weighted by Gasteiger charge is 2.16. The van der Waals surface area contributed by atoms with Crippen LogP contribution in [0.25, 0.3) is 88.7 Å². The summed E-state index contributed by atoms with van der Waals surface area (Å²) in [6.45, 7) is 2.05. The molecule has 0 unspecified atom stereocenters. The van der Waals surface area contributed by atoms with E-state index >= 15 is 0 Å². The number of hydrogen-bond acceptors (Lipinski definition) is 4. The Morgan fingerprint density at radius 3 is 1.37 bits per heavy atom. The first-order chi connectivity index (χ1) is 24.2. The van der Waals surface area contributed by atoms with Crippen LogP contribution in [-0.4, -0.2) is 19.9 Å². The molecule has 0 saturated heterocycles. The minimum absolute atomic E-state index is 0.620. The SMILES string of the molecule is Cc1ncccc1-c1cc(-c2ccc3c4ccccc4c4ccccc4c3c2)cc(-c2nc(-c3ccccc3)nc(-c3ccccc3)n2)c1. The van der Waals surface area contributed by atoms with Crippen LogP contribution in [0, 0.1) is 6.92 Å². The molecule has 4 nitrogen and oxygen atoms in total. The van der Waals surface area contributed by atoms with E-state index in [1.807, 2.05) is 72.9 Å². The molecule has 4 heteroatoms. The van der Waals surface area contributed by atoms with Gasteiger partial charge in [-0.1, -0.05) is 127 Å². The van der Waals surface area contributed by atoms with Crippen LogP contribution in [0.5, 0.6) is 0 Å². The van der Waals surface area contributed by atoms with Gasteiger partial charge in [0.2, 0.25) is 0 Å². The van der Waals surface area contributed by atoms with E-state index in [0.29, 0.717) is 17.5 Å². The van der Waals surface area contributed by atoms with Gasteiger partial charge in [0, 0.05) is 34.1 Å². The van der Waals surface area contributed by atoms with Gasteiger partial charge in [0.1, 0.15) is 0 Å². The highest BCUT2D eigenvalue weighted by atomic mass is 15.0. The lowest BCUT2D eigenvalue weighted by molar-refractivity contribution is 1.07. The molecule has 0 radical (unpaired) electrons. The molecule has 0 fully saturated rings. The average Bonchev–Trinajstić information content (AvgIpc) is 3.18. The molecule has 0 aliphatic rings. The maximum atomic E-state index is 5.08. The summed E-state index contributed by atoms with van der Waals surface area (Å²) in [5.74, 6) is 1.89. The third-order valence-electron chi connectivity index (χ3n) is 9.29. The highest BCUT2D eigenvalue weighted by molar-refractivity contribution is 6.25. The summed E-state index contributed by atoms with van der Waals surface area (Å²) in [4.78, 5) is 19.7. The van der Waals surface area contributed by atoms with Crippen LogP contribution >= 0.6 is 0 Å². The predicted octanol–water partition coefficient (Wildman–Crippen LogP) is 11.4. The molecule has 230 valence electrons. The Balaban J connectivity index is 1.30. The Labute approximate surface area is 284 Å². The van der Waals surface area contributed by atoms with Gasteiger partial charge < -0.3 is 0 Å². The summed E-state index contributed by atoms with van der Waals surface area (Å²) in [5, 5.41) is 7.51. The average molecular weight is 627 g/mol. The summed E-state index contributed by atoms with van der Waals surface area (Å²) in [6, 6.07) is 55.2. The summed E-state index contributed by atoms with van der Waals surface area (Å²) in [5.41, 5.74) is 8.10. The molecule has 9 rings (SSSR count). The zero-order valence-corrected chi connectivity index (χ0v) is 26.9. The first-order valence-electron chi connectivity index (χ1n) is 16.5. The molecule has 0 bridgehead atoms. The monoisotopic (exact) mass is 626 g/mol. The van der Waals surface area contributed by atoms with Gasteiger partial charge >= 0.3 is 0 Å². The van der Waals surface area contributed by atoms with Crippen LogP contribution in [0.1, 0.15) is 5.69 Å². The van der Waals surface area contributed by atoms with Crippen molar-refractivity contribution >= 4 is 32.3 Å². The van der Waals surface area contributed by atoms with Crippen molar-refractivity contribution in [1.82, 2.24) is 19.9 Å². The molecule has 49 heavy (non-hydrogen) atoms. The topological polar surface area (TPSA) is 51.6 Å². The van der Waals surface area contributed by atoms with Crippen LogP contribution in [0.3, 0.4) is 0 Å². The van der Waals surface area contributed by atoms with Crippen molar-refractivity contribution in [1.29, 1.82) is 0 Å². The number of benzene rings is 7. The van der Waals surface area contributed by atoms with Gasteiger partial charge in [-0.25, -0.2) is 15.0 Å². The van der Waals surface area contributed by atoms with Crippen molar-refractivity contribution in [2.24, 2.45) is 0 Å². The Kier molecular flexibility index (Phi) is 6.98. The van der Waals surface area contributed by atoms with E-state index < -0.39 is 0 Å². The molecule has 0 saturated carbocycles. The number of nitrogens with zero attached hydrogens (tertiary/aromatic N) is 4. The van der Waals surface area contributed by atoms with Crippen molar-refractivity contribution in [3.05, 3.63) is 170 Å². The fourth-order valence-corrected chi connectivity index (χ4v) is 6.89. The highest BCUT2D eigenvalue weighted by Crippen LogP contribution is 2.39. The fraction of sp³-hybridized carbons (Fsp3) is 0.0222. The summed E-state index contributed by atoms with van der Waals surface area (Å²) < 4.78 is 0. The van der Waals surface area contributed by atoms with E-state index in [4.69, 9.17) is 15.0 Å². The molecule has 0 amide bonds. The van der Waals surface area contributed by atoms with Gasteiger partial charge in [0.25, 0.3) is 0 Å². The Bertz CT molecular complexity index is 2570. The second kappa shape index (κ2) is 11.9. The van der Waals surface area contributed by atoms with Crippen molar-refractivity contribution in [2.75, 3.05) is 0 Å². The van der Waals surface area contributed by atoms with Crippen LogP contribution in [0.2, 0.25) is 0 Å². The summed E-state index contributed by atoms with van der Waals surface area (Å²) in [7, 11) is 0. The zero-order chi connectivity index (χ0) is 32.7. The fourth-order valence-electron chi connectivity index (χ4n) is 6.89. The van der Waals surface area contributed by atoms with E-state index in [-0.39, 0.29) is 0 Å². The van der Waals surface area contributed by atoms with Crippen LogP contribution in [0.4, 0.5) is 0 Å². The first-order valence-corrected chi connectivity index (χ1v) is 16.5. The van der Waals surface area contributed by atoms with Crippen molar-refractivity contribution in [2.45, 2.75) is 6.92 Å². The smallest absolute Gasteiger partial charge is 0.164 e. The maximum Gasteiger partial charge on any atom is 0.164 e. The van der Waals surface area contributed by atoms with Gasteiger partial charge in [0.05, 0.1) is 0 Å². The summed E-state index contributed by atoms with van der Waals surface area (Å²) >= 11 is 0. The Hall–Kier alpha value is -6.52. The Morgan fingerprint density at radius 2 is 0.796 bits per heavy atom. The third kappa shape index (κ3) is 5.20. The molecule has 2 heterocycles. The predicted molar refractivity (Wildman–Crippen MR) is 202 cm³/mol. The van der Waals surface area contributed by atoms with Crippen molar-refractivity contribution in [3.63, 3.8) is 0 Å². The second-order valence-electron chi connectivity index (χ2n) is 12.3. The molecule has 0 aliphatic carbocycles. The second-order valence-corrected chi connectivity index (χ2v) is 12.3. The van der Waals surface area contributed by atoms with E-state index in [1.54, 1.807) is 0 Å². The minimum Gasteiger partial charge on any atom is -0.261 e. The third-order valence-corrected chi connectivity index (χ3v) is 9.29. The lowest BCUT2D eigenvalue weighted by Gasteiger charge is -2.15. The lowest BCUT2D eigenvalue weighted by Crippen LogP contribution is -2.00. The molecule has 0 atom stereocenters. The number of aryl methyl sites for hydroxylation is 1. The Morgan fingerprint density at radius 1 is 0.327 bits per heavy atom. The lowest BCUT2D eigenvalue weighted by atomic mass is 9.90. The molecule has 2 aromatic heterocycles. The van der Waals surface area contributed by atoms with E-state index in [9.17, 15) is 0 Å². The van der Waals surface area contributed by atoms with Crippen LogP contribution in [0.15, 0.2) is 164 Å². The standard InChI is InChI=1S/C45H30N4/c1-29-36(21-12-24-46-29)34-25-33(32-22-23-41-39-19-9-8-17-37(39)38-18-10-11-20-40(38)42(41)28-32)26-35(27-34)45-48-43(30-13-4-2-5-14-30)47-44(49-45)31-15-6-3-7-16-31/h2-28H,1H3. The number of pyridine rings is 1. The quantitative estimate of drug-likeness (QED) is 0.178. The van der Waals surface area contributed by atoms with E-state index in [2.05, 4.69) is 103 Å². The normalized spacial score (nSPS) is 11.4. The van der Waals surface area contributed by atoms with Gasteiger partial charge in [0.15, 0.2) is 17.5 Å². The minimum atomic E-state index is 0.620. The molecule has 0 aliphatic heterocycles. The number of fused-ring (bicyclic) bond motifs is 6. The van der Waals surface area contributed by atoms with Gasteiger partial charge in [-0.2, -0.15) is 0 Å². The largest absolute Gasteiger partial charge is 0.261 e. The molecule has 0 N–H and O–H groups in total. The van der Waals surface area contributed by atoms with Gasteiger partial charge in [-0.05, 0) is 86.3 Å². The molecule has 7 aromatic carbocycles.